The van der Waals surface area contributed by atoms with E-state index >= 15 is 0 Å². The molecule has 0 fully saturated rings. The van der Waals surface area contributed by atoms with Gasteiger partial charge in [0.2, 0.25) is 0 Å². The maximum absolute atomic E-state index is 13.3. The molecule has 0 atom stereocenters. The van der Waals surface area contributed by atoms with Crippen LogP contribution >= 0.6 is 0 Å². The van der Waals surface area contributed by atoms with Gasteiger partial charge >= 0.3 is 0 Å². The van der Waals surface area contributed by atoms with Gasteiger partial charge < -0.3 is 5.73 Å². The van der Waals surface area contributed by atoms with E-state index in [1.54, 1.807) is 18.2 Å². The molecule has 3 rings (SSSR count). The van der Waals surface area contributed by atoms with E-state index in [0.29, 0.717) is 16.9 Å². The SMILES string of the molecule is Nc1ccc2ncnc(-c3cccc(F)c3)c2c1. The lowest BCUT2D eigenvalue weighted by Crippen LogP contribution is -1.91. The summed E-state index contributed by atoms with van der Waals surface area (Å²) >= 11 is 0. The van der Waals surface area contributed by atoms with Crippen LogP contribution in [-0.2, 0) is 0 Å². The molecule has 0 bridgehead atoms. The second-order valence-electron chi connectivity index (χ2n) is 4.01. The minimum atomic E-state index is -0.289. The molecule has 0 radical (unpaired) electrons. The van der Waals surface area contributed by atoms with E-state index in [-0.39, 0.29) is 5.82 Å². The average Bonchev–Trinajstić information content (AvgIpc) is 2.38. The van der Waals surface area contributed by atoms with Gasteiger partial charge in [-0.2, -0.15) is 0 Å². The van der Waals surface area contributed by atoms with Crippen LogP contribution in [0.1, 0.15) is 0 Å². The van der Waals surface area contributed by atoms with Crippen molar-refractivity contribution in [2.24, 2.45) is 0 Å². The zero-order chi connectivity index (χ0) is 12.5. The number of hydrogen-bond donors (Lipinski definition) is 1. The largest absolute Gasteiger partial charge is 0.399 e. The number of nitrogens with zero attached hydrogens (tertiary/aromatic N) is 2. The molecule has 2 N–H and O–H groups in total. The van der Waals surface area contributed by atoms with Crippen molar-refractivity contribution in [2.75, 3.05) is 5.73 Å². The monoisotopic (exact) mass is 239 g/mol. The quantitative estimate of drug-likeness (QED) is 0.664. The molecule has 3 nitrogen and oxygen atoms in total. The molecule has 0 aliphatic heterocycles. The Morgan fingerprint density at radius 2 is 1.89 bits per heavy atom. The molecular weight excluding hydrogens is 229 g/mol. The number of halogens is 1. The first-order valence-corrected chi connectivity index (χ1v) is 5.50. The zero-order valence-electron chi connectivity index (χ0n) is 9.47. The maximum Gasteiger partial charge on any atom is 0.123 e. The number of hydrogen-bond acceptors (Lipinski definition) is 3. The highest BCUT2D eigenvalue weighted by atomic mass is 19.1. The molecule has 0 aliphatic carbocycles. The van der Waals surface area contributed by atoms with Gasteiger partial charge in [-0.05, 0) is 30.3 Å². The van der Waals surface area contributed by atoms with Crippen LogP contribution in [0.3, 0.4) is 0 Å². The highest BCUT2D eigenvalue weighted by Gasteiger charge is 2.07. The first kappa shape index (κ1) is 10.7. The lowest BCUT2D eigenvalue weighted by atomic mass is 10.1. The summed E-state index contributed by atoms with van der Waals surface area (Å²) in [4.78, 5) is 8.40. The molecule has 18 heavy (non-hydrogen) atoms. The Morgan fingerprint density at radius 3 is 2.72 bits per heavy atom. The van der Waals surface area contributed by atoms with Crippen molar-refractivity contribution in [3.05, 3.63) is 54.6 Å². The molecule has 0 saturated heterocycles. The van der Waals surface area contributed by atoms with E-state index in [4.69, 9.17) is 5.73 Å². The molecule has 3 aromatic rings. The second kappa shape index (κ2) is 4.07. The summed E-state index contributed by atoms with van der Waals surface area (Å²) < 4.78 is 13.3. The number of anilines is 1. The Balaban J connectivity index is 2.32. The summed E-state index contributed by atoms with van der Waals surface area (Å²) in [6.07, 6.45) is 1.47. The maximum atomic E-state index is 13.3. The van der Waals surface area contributed by atoms with E-state index in [0.717, 1.165) is 10.9 Å². The van der Waals surface area contributed by atoms with Gasteiger partial charge in [-0.25, -0.2) is 14.4 Å². The zero-order valence-corrected chi connectivity index (χ0v) is 9.47. The summed E-state index contributed by atoms with van der Waals surface area (Å²) in [5, 5.41) is 0.822. The number of nitrogens with two attached hydrogens (primary N) is 1. The van der Waals surface area contributed by atoms with E-state index in [1.165, 1.54) is 18.5 Å². The summed E-state index contributed by atoms with van der Waals surface area (Å²) in [5.74, 6) is -0.289. The lowest BCUT2D eigenvalue weighted by molar-refractivity contribution is 0.628. The second-order valence-corrected chi connectivity index (χ2v) is 4.01. The molecule has 88 valence electrons. The third kappa shape index (κ3) is 1.78. The molecule has 1 aromatic heterocycles. The van der Waals surface area contributed by atoms with Crippen molar-refractivity contribution in [1.29, 1.82) is 0 Å². The number of fused-ring (bicyclic) bond motifs is 1. The smallest absolute Gasteiger partial charge is 0.123 e. The highest BCUT2D eigenvalue weighted by Crippen LogP contribution is 2.26. The molecule has 0 saturated carbocycles. The average molecular weight is 239 g/mol. The van der Waals surface area contributed by atoms with Crippen molar-refractivity contribution in [3.63, 3.8) is 0 Å². The number of nitrogen functional groups attached to an aromatic ring is 1. The first-order chi connectivity index (χ1) is 8.74. The van der Waals surface area contributed by atoms with Gasteiger partial charge in [0.1, 0.15) is 12.1 Å². The van der Waals surface area contributed by atoms with Crippen molar-refractivity contribution in [3.8, 4) is 11.3 Å². The van der Waals surface area contributed by atoms with Gasteiger partial charge in [-0.15, -0.1) is 0 Å². The third-order valence-electron chi connectivity index (χ3n) is 2.76. The van der Waals surface area contributed by atoms with E-state index in [2.05, 4.69) is 9.97 Å². The Hall–Kier alpha value is -2.49. The number of aromatic nitrogens is 2. The molecule has 0 unspecified atom stereocenters. The fraction of sp³-hybridized carbons (Fsp3) is 0. The summed E-state index contributed by atoms with van der Waals surface area (Å²) in [6.45, 7) is 0. The van der Waals surface area contributed by atoms with Crippen LogP contribution in [0, 0.1) is 5.82 Å². The first-order valence-electron chi connectivity index (χ1n) is 5.50. The van der Waals surface area contributed by atoms with Crippen LogP contribution in [-0.4, -0.2) is 9.97 Å². The molecule has 0 amide bonds. The van der Waals surface area contributed by atoms with Crippen LogP contribution in [0.5, 0.6) is 0 Å². The van der Waals surface area contributed by atoms with Crippen LogP contribution in [0.4, 0.5) is 10.1 Å². The van der Waals surface area contributed by atoms with Gasteiger partial charge in [-0.1, -0.05) is 12.1 Å². The van der Waals surface area contributed by atoms with Crippen LogP contribution in [0.25, 0.3) is 22.2 Å². The summed E-state index contributed by atoms with van der Waals surface area (Å²) in [6, 6.07) is 11.7. The standard InChI is InChI=1S/C14H10FN3/c15-10-3-1-2-9(6-10)14-12-7-11(16)4-5-13(12)17-8-18-14/h1-8H,16H2. The molecule has 2 aromatic carbocycles. The van der Waals surface area contributed by atoms with Crippen molar-refractivity contribution in [2.45, 2.75) is 0 Å². The van der Waals surface area contributed by atoms with Crippen LogP contribution < -0.4 is 5.73 Å². The molecule has 0 aliphatic rings. The number of rotatable bonds is 1. The minimum absolute atomic E-state index is 0.289. The van der Waals surface area contributed by atoms with E-state index < -0.39 is 0 Å². The Morgan fingerprint density at radius 1 is 1.00 bits per heavy atom. The van der Waals surface area contributed by atoms with Gasteiger partial charge in [-0.3, -0.25) is 0 Å². The third-order valence-corrected chi connectivity index (χ3v) is 2.76. The van der Waals surface area contributed by atoms with Crippen LogP contribution in [0.2, 0.25) is 0 Å². The van der Waals surface area contributed by atoms with Crippen molar-refractivity contribution < 1.29 is 4.39 Å². The lowest BCUT2D eigenvalue weighted by Gasteiger charge is -2.06. The van der Waals surface area contributed by atoms with Gasteiger partial charge in [0.15, 0.2) is 0 Å². The fourth-order valence-electron chi connectivity index (χ4n) is 1.94. The predicted molar refractivity (Wildman–Crippen MR) is 69.3 cm³/mol. The Kier molecular flexibility index (Phi) is 2.41. The number of benzene rings is 2. The van der Waals surface area contributed by atoms with Gasteiger partial charge in [0.25, 0.3) is 0 Å². The molecule has 1 heterocycles. The Bertz CT molecular complexity index is 725. The van der Waals surface area contributed by atoms with Gasteiger partial charge in [0, 0.05) is 16.6 Å². The van der Waals surface area contributed by atoms with E-state index in [9.17, 15) is 4.39 Å². The fourth-order valence-corrected chi connectivity index (χ4v) is 1.94. The predicted octanol–water partition coefficient (Wildman–Crippen LogP) is 3.02. The summed E-state index contributed by atoms with van der Waals surface area (Å²) in [5.41, 5.74) is 8.60. The van der Waals surface area contributed by atoms with E-state index in [1.807, 2.05) is 12.1 Å². The molecule has 0 spiro atoms. The van der Waals surface area contributed by atoms with Crippen molar-refractivity contribution >= 4 is 16.6 Å². The van der Waals surface area contributed by atoms with Gasteiger partial charge in [0.05, 0.1) is 11.2 Å². The minimum Gasteiger partial charge on any atom is -0.399 e. The van der Waals surface area contributed by atoms with Crippen LogP contribution in [0.15, 0.2) is 48.8 Å². The topological polar surface area (TPSA) is 51.8 Å². The Labute approximate surface area is 103 Å². The highest BCUT2D eigenvalue weighted by molar-refractivity contribution is 5.93. The van der Waals surface area contributed by atoms with Crippen molar-refractivity contribution in [1.82, 2.24) is 9.97 Å². The normalized spacial score (nSPS) is 10.7. The summed E-state index contributed by atoms with van der Waals surface area (Å²) in [7, 11) is 0. The molecule has 4 heteroatoms. The molecular formula is C14H10FN3.